The number of ether oxygens (including phenoxy) is 1. The summed E-state index contributed by atoms with van der Waals surface area (Å²) < 4.78 is 5.16. The largest absolute Gasteiger partial charge is 0.497 e. The first-order chi connectivity index (χ1) is 15.0. The lowest BCUT2D eigenvalue weighted by molar-refractivity contribution is -0.133. The average molecular weight is 444 g/mol. The predicted octanol–water partition coefficient (Wildman–Crippen LogP) is 2.52. The fourth-order valence-electron chi connectivity index (χ4n) is 3.58. The van der Waals surface area contributed by atoms with Gasteiger partial charge in [0.15, 0.2) is 0 Å². The fourth-order valence-corrected chi connectivity index (χ4v) is 4.30. The molecule has 31 heavy (non-hydrogen) atoms. The van der Waals surface area contributed by atoms with Crippen molar-refractivity contribution in [1.82, 2.24) is 14.7 Å². The van der Waals surface area contributed by atoms with Crippen LogP contribution in [0.1, 0.15) is 28.1 Å². The van der Waals surface area contributed by atoms with Crippen LogP contribution < -0.4 is 4.74 Å². The van der Waals surface area contributed by atoms with Crippen molar-refractivity contribution in [1.29, 1.82) is 0 Å². The number of thiophene rings is 1. The molecular weight excluding hydrogens is 414 g/mol. The zero-order valence-electron chi connectivity index (χ0n) is 18.1. The number of carbonyl (C=O) groups is 3. The lowest BCUT2D eigenvalue weighted by Crippen LogP contribution is -2.43. The smallest absolute Gasteiger partial charge is 0.264 e. The number of hydrogen-bond acceptors (Lipinski definition) is 5. The highest BCUT2D eigenvalue weighted by atomic mass is 32.1. The number of rotatable bonds is 7. The van der Waals surface area contributed by atoms with Gasteiger partial charge in [0.05, 0.1) is 18.5 Å². The second-order valence-electron chi connectivity index (χ2n) is 7.60. The van der Waals surface area contributed by atoms with Gasteiger partial charge in [-0.2, -0.15) is 0 Å². The maximum absolute atomic E-state index is 12.7. The first-order valence-electron chi connectivity index (χ1n) is 10.5. The number of nitrogens with zero attached hydrogens (tertiary/aromatic N) is 3. The maximum atomic E-state index is 12.7. The van der Waals surface area contributed by atoms with Gasteiger partial charge >= 0.3 is 0 Å². The third-order valence-electron chi connectivity index (χ3n) is 5.44. The van der Waals surface area contributed by atoms with Gasteiger partial charge in [-0.15, -0.1) is 11.3 Å². The first-order valence-corrected chi connectivity index (χ1v) is 11.3. The average Bonchev–Trinajstić information content (AvgIpc) is 3.21. The van der Waals surface area contributed by atoms with E-state index in [0.29, 0.717) is 43.9 Å². The highest BCUT2D eigenvalue weighted by molar-refractivity contribution is 7.12. The summed E-state index contributed by atoms with van der Waals surface area (Å²) in [5.74, 6) is 0.679. The summed E-state index contributed by atoms with van der Waals surface area (Å²) in [5, 5.41) is 1.85. The Balaban J connectivity index is 1.45. The van der Waals surface area contributed by atoms with E-state index in [1.807, 2.05) is 40.6 Å². The maximum Gasteiger partial charge on any atom is 0.264 e. The van der Waals surface area contributed by atoms with Gasteiger partial charge in [-0.25, -0.2) is 0 Å². The van der Waals surface area contributed by atoms with E-state index in [1.54, 1.807) is 25.1 Å². The second-order valence-corrected chi connectivity index (χ2v) is 8.55. The molecule has 1 fully saturated rings. The molecule has 7 nitrogen and oxygen atoms in total. The molecule has 1 aromatic carbocycles. The van der Waals surface area contributed by atoms with Crippen LogP contribution in [-0.2, 0) is 16.0 Å². The molecule has 3 rings (SSSR count). The molecule has 0 bridgehead atoms. The van der Waals surface area contributed by atoms with Crippen molar-refractivity contribution in [2.75, 3.05) is 46.9 Å². The predicted molar refractivity (Wildman–Crippen MR) is 120 cm³/mol. The summed E-state index contributed by atoms with van der Waals surface area (Å²) in [7, 11) is 3.28. The van der Waals surface area contributed by atoms with E-state index in [4.69, 9.17) is 4.74 Å². The molecule has 1 aromatic heterocycles. The molecule has 0 spiro atoms. The van der Waals surface area contributed by atoms with Crippen molar-refractivity contribution in [2.45, 2.75) is 19.3 Å². The van der Waals surface area contributed by atoms with E-state index >= 15 is 0 Å². The van der Waals surface area contributed by atoms with E-state index < -0.39 is 0 Å². The lowest BCUT2D eigenvalue weighted by Gasteiger charge is -2.24. The van der Waals surface area contributed by atoms with Gasteiger partial charge in [-0.1, -0.05) is 18.2 Å². The van der Waals surface area contributed by atoms with Crippen LogP contribution in [0.5, 0.6) is 5.75 Å². The number of likely N-dealkylation sites (N-methyl/N-ethyl adjacent to an activating group) is 1. The van der Waals surface area contributed by atoms with Crippen LogP contribution in [0.4, 0.5) is 0 Å². The van der Waals surface area contributed by atoms with Gasteiger partial charge < -0.3 is 19.4 Å². The quantitative estimate of drug-likeness (QED) is 0.659. The Hall–Kier alpha value is -2.87. The first kappa shape index (κ1) is 22.8. The van der Waals surface area contributed by atoms with Crippen LogP contribution in [0.3, 0.4) is 0 Å². The van der Waals surface area contributed by atoms with Crippen molar-refractivity contribution in [3.63, 3.8) is 0 Å². The van der Waals surface area contributed by atoms with Crippen molar-refractivity contribution in [3.8, 4) is 5.75 Å². The molecule has 2 aromatic rings. The summed E-state index contributed by atoms with van der Waals surface area (Å²) in [5.41, 5.74) is 1.10. The Labute approximate surface area is 187 Å². The Morgan fingerprint density at radius 2 is 1.68 bits per heavy atom. The topological polar surface area (TPSA) is 70.2 Å². The van der Waals surface area contributed by atoms with Gasteiger partial charge in [-0.05, 0) is 42.0 Å². The van der Waals surface area contributed by atoms with Crippen LogP contribution in [0.25, 0.3) is 0 Å². The number of hydrogen-bond donors (Lipinski definition) is 0. The summed E-state index contributed by atoms with van der Waals surface area (Å²) >= 11 is 1.37. The highest BCUT2D eigenvalue weighted by Gasteiger charge is 2.24. The van der Waals surface area contributed by atoms with Gasteiger partial charge in [-0.3, -0.25) is 14.4 Å². The number of aryl methyl sites for hydroxylation is 1. The molecule has 1 saturated heterocycles. The third kappa shape index (κ3) is 6.30. The van der Waals surface area contributed by atoms with Crippen LogP contribution in [0.2, 0.25) is 0 Å². The summed E-state index contributed by atoms with van der Waals surface area (Å²) in [6, 6.07) is 11.3. The van der Waals surface area contributed by atoms with Gasteiger partial charge in [0.25, 0.3) is 5.91 Å². The zero-order valence-corrected chi connectivity index (χ0v) is 18.9. The van der Waals surface area contributed by atoms with Gasteiger partial charge in [0.1, 0.15) is 5.75 Å². The van der Waals surface area contributed by atoms with Crippen molar-refractivity contribution in [3.05, 3.63) is 52.2 Å². The molecule has 8 heteroatoms. The zero-order chi connectivity index (χ0) is 22.2. The van der Waals surface area contributed by atoms with Gasteiger partial charge in [0, 0.05) is 39.6 Å². The number of amides is 3. The number of methoxy groups -OCH3 is 1. The Morgan fingerprint density at radius 1 is 1.00 bits per heavy atom. The Morgan fingerprint density at radius 3 is 2.29 bits per heavy atom. The Bertz CT molecular complexity index is 883. The molecule has 0 unspecified atom stereocenters. The van der Waals surface area contributed by atoms with E-state index in [-0.39, 0.29) is 24.3 Å². The molecule has 0 aliphatic carbocycles. The van der Waals surface area contributed by atoms with E-state index in [1.165, 1.54) is 16.2 Å². The molecular formula is C23H29N3O4S. The molecule has 1 aliphatic rings. The minimum absolute atomic E-state index is 0.0438. The highest BCUT2D eigenvalue weighted by Crippen LogP contribution is 2.14. The summed E-state index contributed by atoms with van der Waals surface area (Å²) in [4.78, 5) is 43.4. The lowest BCUT2D eigenvalue weighted by atomic mass is 10.1. The SMILES string of the molecule is COc1ccc(CCC(=O)N2CCCN(C(=O)CN(C)C(=O)c3cccs3)CC2)cc1. The third-order valence-corrected chi connectivity index (χ3v) is 6.30. The normalized spacial score (nSPS) is 14.1. The monoisotopic (exact) mass is 443 g/mol. The van der Waals surface area contributed by atoms with Crippen molar-refractivity contribution in [2.24, 2.45) is 0 Å². The Kier molecular flexibility index (Phi) is 8.06. The van der Waals surface area contributed by atoms with Crippen LogP contribution in [0.15, 0.2) is 41.8 Å². The summed E-state index contributed by atoms with van der Waals surface area (Å²) in [6.07, 6.45) is 1.86. The van der Waals surface area contributed by atoms with Crippen molar-refractivity contribution < 1.29 is 19.1 Å². The molecule has 3 amide bonds. The summed E-state index contributed by atoms with van der Waals surface area (Å²) in [6.45, 7) is 2.31. The minimum atomic E-state index is -0.145. The van der Waals surface area contributed by atoms with E-state index in [0.717, 1.165) is 17.7 Å². The number of benzene rings is 1. The van der Waals surface area contributed by atoms with Crippen molar-refractivity contribution >= 4 is 29.1 Å². The standard InChI is InChI=1S/C23H29N3O4S/c1-24(23(29)20-5-3-16-31-20)17-22(28)26-13-4-12-25(14-15-26)21(27)11-8-18-6-9-19(30-2)10-7-18/h3,5-7,9-10,16H,4,8,11-15,17H2,1-2H3. The molecule has 0 radical (unpaired) electrons. The molecule has 1 aliphatic heterocycles. The fraction of sp³-hybridized carbons (Fsp3) is 0.435. The minimum Gasteiger partial charge on any atom is -0.497 e. The van der Waals surface area contributed by atoms with Crippen LogP contribution >= 0.6 is 11.3 Å². The molecule has 0 saturated carbocycles. The molecule has 166 valence electrons. The molecule has 2 heterocycles. The van der Waals surface area contributed by atoms with E-state index in [9.17, 15) is 14.4 Å². The van der Waals surface area contributed by atoms with Crippen LogP contribution in [0, 0.1) is 0 Å². The van der Waals surface area contributed by atoms with Crippen LogP contribution in [-0.4, -0.2) is 79.3 Å². The molecule has 0 atom stereocenters. The molecule has 0 N–H and O–H groups in total. The van der Waals surface area contributed by atoms with E-state index in [2.05, 4.69) is 0 Å². The number of carbonyl (C=O) groups excluding carboxylic acids is 3. The van der Waals surface area contributed by atoms with Gasteiger partial charge in [0.2, 0.25) is 11.8 Å². The second kappa shape index (κ2) is 10.9.